The van der Waals surface area contributed by atoms with Crippen LogP contribution in [0.5, 0.6) is 0 Å². The number of nitrogens with zero attached hydrogens (tertiary/aromatic N) is 2. The van der Waals surface area contributed by atoms with Gasteiger partial charge in [-0.1, -0.05) is 29.8 Å². The molecular formula is C26H27N3O3. The number of ketones is 1. The Morgan fingerprint density at radius 3 is 2.22 bits per heavy atom. The molecule has 0 spiro atoms. The van der Waals surface area contributed by atoms with E-state index in [1.54, 1.807) is 31.2 Å². The summed E-state index contributed by atoms with van der Waals surface area (Å²) < 4.78 is 1.32. The number of aromatic nitrogens is 2. The van der Waals surface area contributed by atoms with E-state index in [4.69, 9.17) is 0 Å². The van der Waals surface area contributed by atoms with Crippen LogP contribution in [0, 0.1) is 6.92 Å². The lowest BCUT2D eigenvalue weighted by molar-refractivity contribution is -0.119. The maximum Gasteiger partial charge on any atom is 0.271 e. The molecule has 4 rings (SSSR count). The minimum absolute atomic E-state index is 0.0373. The van der Waals surface area contributed by atoms with Gasteiger partial charge in [0, 0.05) is 22.4 Å². The standard InChI is InChI=1S/C26H27N3O3/c1-16-8-10-20(11-9-16)24-22-6-4-5-7-23(22)26(32)29(28-24)17(2)25(31)27-21-14-12-19(13-15-21)18(3)30/h8-15,17H,4-7H2,1-3H3,(H,27,31)/t17-/m0/s1. The number of hydrogen-bond donors (Lipinski definition) is 1. The van der Waals surface area contributed by atoms with Crippen molar-refractivity contribution in [2.75, 3.05) is 5.32 Å². The van der Waals surface area contributed by atoms with Gasteiger partial charge in [-0.2, -0.15) is 5.10 Å². The predicted octanol–water partition coefficient (Wildman–Crippen LogP) is 4.50. The van der Waals surface area contributed by atoms with Crippen molar-refractivity contribution >= 4 is 17.4 Å². The van der Waals surface area contributed by atoms with Gasteiger partial charge in [-0.25, -0.2) is 4.68 Å². The van der Waals surface area contributed by atoms with Crippen LogP contribution in [0.2, 0.25) is 0 Å². The lowest BCUT2D eigenvalue weighted by Crippen LogP contribution is -2.37. The van der Waals surface area contributed by atoms with Gasteiger partial charge in [0.15, 0.2) is 5.78 Å². The van der Waals surface area contributed by atoms with Crippen LogP contribution in [0.25, 0.3) is 11.3 Å². The number of carbonyl (C=O) groups excluding carboxylic acids is 2. The molecule has 6 nitrogen and oxygen atoms in total. The van der Waals surface area contributed by atoms with Crippen molar-refractivity contribution in [3.63, 3.8) is 0 Å². The number of nitrogens with one attached hydrogen (secondary N) is 1. The zero-order valence-corrected chi connectivity index (χ0v) is 18.6. The number of aryl methyl sites for hydroxylation is 1. The molecule has 1 heterocycles. The highest BCUT2D eigenvalue weighted by Gasteiger charge is 2.25. The maximum atomic E-state index is 13.3. The summed E-state index contributed by atoms with van der Waals surface area (Å²) in [5, 5.41) is 7.51. The van der Waals surface area contributed by atoms with Gasteiger partial charge >= 0.3 is 0 Å². The Morgan fingerprint density at radius 1 is 0.969 bits per heavy atom. The first-order valence-corrected chi connectivity index (χ1v) is 11.0. The SMILES string of the molecule is CC(=O)c1ccc(NC(=O)[C@H](C)n2nc(-c3ccc(C)cc3)c3c(c2=O)CCCC3)cc1. The Labute approximate surface area is 187 Å². The first kappa shape index (κ1) is 21.7. The number of anilines is 1. The smallest absolute Gasteiger partial charge is 0.271 e. The third kappa shape index (κ3) is 4.26. The third-order valence-corrected chi connectivity index (χ3v) is 6.06. The molecule has 1 atom stereocenters. The molecule has 0 saturated carbocycles. The highest BCUT2D eigenvalue weighted by Crippen LogP contribution is 2.29. The molecule has 0 fully saturated rings. The summed E-state index contributed by atoms with van der Waals surface area (Å²) in [6, 6.07) is 14.0. The summed E-state index contributed by atoms with van der Waals surface area (Å²) in [5.74, 6) is -0.370. The van der Waals surface area contributed by atoms with Crippen molar-refractivity contribution < 1.29 is 9.59 Å². The van der Waals surface area contributed by atoms with Gasteiger partial charge in [-0.3, -0.25) is 14.4 Å². The summed E-state index contributed by atoms with van der Waals surface area (Å²) in [6.45, 7) is 5.21. The van der Waals surface area contributed by atoms with E-state index in [0.717, 1.165) is 47.2 Å². The van der Waals surface area contributed by atoms with E-state index in [2.05, 4.69) is 10.4 Å². The van der Waals surface area contributed by atoms with Gasteiger partial charge in [0.1, 0.15) is 6.04 Å². The average molecular weight is 430 g/mol. The Morgan fingerprint density at radius 2 is 1.59 bits per heavy atom. The fourth-order valence-electron chi connectivity index (χ4n) is 4.11. The van der Waals surface area contributed by atoms with Gasteiger partial charge in [0.2, 0.25) is 5.91 Å². The summed E-state index contributed by atoms with van der Waals surface area (Å²) in [4.78, 5) is 37.7. The first-order valence-electron chi connectivity index (χ1n) is 11.0. The van der Waals surface area contributed by atoms with Crippen LogP contribution >= 0.6 is 0 Å². The molecule has 0 radical (unpaired) electrons. The van der Waals surface area contributed by atoms with Crippen molar-refractivity contribution in [1.29, 1.82) is 0 Å². The van der Waals surface area contributed by atoms with Crippen molar-refractivity contribution in [2.24, 2.45) is 0 Å². The summed E-state index contributed by atoms with van der Waals surface area (Å²) in [7, 11) is 0. The number of amides is 1. The number of carbonyl (C=O) groups is 2. The van der Waals surface area contributed by atoms with Crippen LogP contribution in [0.4, 0.5) is 5.69 Å². The monoisotopic (exact) mass is 429 g/mol. The second kappa shape index (κ2) is 8.91. The molecule has 1 aromatic heterocycles. The van der Waals surface area contributed by atoms with Gasteiger partial charge in [-0.05, 0) is 76.3 Å². The number of rotatable bonds is 5. The lowest BCUT2D eigenvalue weighted by atomic mass is 9.89. The molecule has 0 bridgehead atoms. The van der Waals surface area contributed by atoms with Gasteiger partial charge < -0.3 is 5.32 Å². The summed E-state index contributed by atoms with van der Waals surface area (Å²) in [5.41, 5.74) is 5.62. The number of fused-ring (bicyclic) bond motifs is 1. The predicted molar refractivity (Wildman–Crippen MR) is 125 cm³/mol. The zero-order valence-electron chi connectivity index (χ0n) is 18.6. The normalized spacial score (nSPS) is 13.8. The minimum Gasteiger partial charge on any atom is -0.324 e. The maximum absolute atomic E-state index is 13.3. The molecule has 164 valence electrons. The average Bonchev–Trinajstić information content (AvgIpc) is 2.80. The van der Waals surface area contributed by atoms with E-state index in [1.807, 2.05) is 31.2 Å². The first-order chi connectivity index (χ1) is 15.3. The molecule has 1 N–H and O–H groups in total. The van der Waals surface area contributed by atoms with Crippen LogP contribution in [0.15, 0.2) is 53.3 Å². The molecule has 32 heavy (non-hydrogen) atoms. The molecule has 2 aromatic carbocycles. The molecule has 3 aromatic rings. The van der Waals surface area contributed by atoms with E-state index in [-0.39, 0.29) is 17.2 Å². The van der Waals surface area contributed by atoms with E-state index >= 15 is 0 Å². The number of hydrogen-bond acceptors (Lipinski definition) is 4. The van der Waals surface area contributed by atoms with E-state index in [1.165, 1.54) is 11.6 Å². The second-order valence-corrected chi connectivity index (χ2v) is 8.43. The molecule has 1 amide bonds. The summed E-state index contributed by atoms with van der Waals surface area (Å²) in [6.07, 6.45) is 3.52. The van der Waals surface area contributed by atoms with Crippen LogP contribution in [-0.4, -0.2) is 21.5 Å². The van der Waals surface area contributed by atoms with Crippen molar-refractivity contribution in [1.82, 2.24) is 9.78 Å². The minimum atomic E-state index is -0.786. The topological polar surface area (TPSA) is 81.1 Å². The zero-order chi connectivity index (χ0) is 22.8. The molecule has 0 saturated heterocycles. The fourth-order valence-corrected chi connectivity index (χ4v) is 4.11. The Balaban J connectivity index is 1.69. The van der Waals surface area contributed by atoms with Gasteiger partial charge in [0.25, 0.3) is 5.56 Å². The van der Waals surface area contributed by atoms with Crippen LogP contribution in [0.3, 0.4) is 0 Å². The molecule has 0 unspecified atom stereocenters. The van der Waals surface area contributed by atoms with Crippen molar-refractivity contribution in [2.45, 2.75) is 52.5 Å². The third-order valence-electron chi connectivity index (χ3n) is 6.06. The second-order valence-electron chi connectivity index (χ2n) is 8.43. The fraction of sp³-hybridized carbons (Fsp3) is 0.308. The van der Waals surface area contributed by atoms with E-state index < -0.39 is 6.04 Å². The van der Waals surface area contributed by atoms with Gasteiger partial charge in [-0.15, -0.1) is 0 Å². The highest BCUT2D eigenvalue weighted by atomic mass is 16.2. The van der Waals surface area contributed by atoms with Crippen LogP contribution in [0.1, 0.15) is 59.8 Å². The highest BCUT2D eigenvalue weighted by molar-refractivity contribution is 5.96. The summed E-state index contributed by atoms with van der Waals surface area (Å²) >= 11 is 0. The van der Waals surface area contributed by atoms with E-state index in [0.29, 0.717) is 17.7 Å². The van der Waals surface area contributed by atoms with E-state index in [9.17, 15) is 14.4 Å². The van der Waals surface area contributed by atoms with Crippen molar-refractivity contribution in [3.05, 3.63) is 81.1 Å². The van der Waals surface area contributed by atoms with Crippen LogP contribution in [-0.2, 0) is 17.6 Å². The van der Waals surface area contributed by atoms with Gasteiger partial charge in [0.05, 0.1) is 5.69 Å². The Hall–Kier alpha value is -3.54. The quantitative estimate of drug-likeness (QED) is 0.606. The Bertz CT molecular complexity index is 1220. The number of Topliss-reactive ketones (excluding diaryl/α,β-unsaturated/α-hetero) is 1. The Kier molecular flexibility index (Phi) is 6.04. The molecule has 1 aliphatic rings. The van der Waals surface area contributed by atoms with Crippen molar-refractivity contribution in [3.8, 4) is 11.3 Å². The molecule has 1 aliphatic carbocycles. The number of benzene rings is 2. The van der Waals surface area contributed by atoms with Crippen LogP contribution < -0.4 is 10.9 Å². The lowest BCUT2D eigenvalue weighted by Gasteiger charge is -2.22. The largest absolute Gasteiger partial charge is 0.324 e. The molecule has 0 aliphatic heterocycles. The molecular weight excluding hydrogens is 402 g/mol. The molecule has 6 heteroatoms.